The van der Waals surface area contributed by atoms with E-state index in [4.69, 9.17) is 9.47 Å². The minimum absolute atomic E-state index is 0.328. The third-order valence-corrected chi connectivity index (χ3v) is 4.01. The first-order valence-electron chi connectivity index (χ1n) is 7.60. The van der Waals surface area contributed by atoms with E-state index in [1.54, 1.807) is 6.92 Å². The first kappa shape index (κ1) is 17.4. The number of benzene rings is 1. The largest absolute Gasteiger partial charge is 0.494 e. The normalized spacial score (nSPS) is 17.4. The Kier molecular flexibility index (Phi) is 6.10. The molecule has 1 aromatic rings. The van der Waals surface area contributed by atoms with Gasteiger partial charge in [-0.2, -0.15) is 0 Å². The van der Waals surface area contributed by atoms with Gasteiger partial charge in [-0.25, -0.2) is 9.79 Å². The first-order valence-corrected chi connectivity index (χ1v) is 8.83. The minimum Gasteiger partial charge on any atom is -0.494 e. The van der Waals surface area contributed by atoms with Gasteiger partial charge in [0.2, 0.25) is 0 Å². The van der Waals surface area contributed by atoms with Crippen molar-refractivity contribution >= 4 is 22.9 Å². The van der Waals surface area contributed by atoms with Gasteiger partial charge < -0.3 is 14.8 Å². The Hall–Kier alpha value is -1.95. The van der Waals surface area contributed by atoms with Crippen LogP contribution in [0.4, 0.5) is 0 Å². The molecule has 5 nitrogen and oxygen atoms in total. The standard InChI is InChI=1S/C17H22N2O3S/c1-5-21-13-10-8-7-9-12(13)15-14(16(20)22-6-2)11(3)18-17(19-15)23-4/h7-10,15H,5-6H2,1-4H3,(H,18,19)/t15-/m0/s1. The summed E-state index contributed by atoms with van der Waals surface area (Å²) in [7, 11) is 0. The number of para-hydroxylation sites is 1. The Morgan fingerprint density at radius 1 is 1.30 bits per heavy atom. The van der Waals surface area contributed by atoms with Crippen molar-refractivity contribution < 1.29 is 14.3 Å². The lowest BCUT2D eigenvalue weighted by molar-refractivity contribution is -0.138. The first-order chi connectivity index (χ1) is 11.1. The maximum absolute atomic E-state index is 12.4. The molecule has 0 bridgehead atoms. The van der Waals surface area contributed by atoms with Crippen LogP contribution < -0.4 is 10.1 Å². The van der Waals surface area contributed by atoms with Crippen molar-refractivity contribution in [2.75, 3.05) is 19.5 Å². The highest BCUT2D eigenvalue weighted by atomic mass is 32.2. The predicted octanol–water partition coefficient (Wildman–Crippen LogP) is 3.29. The summed E-state index contributed by atoms with van der Waals surface area (Å²) in [6.07, 6.45) is 1.94. The second-order valence-corrected chi connectivity index (χ2v) is 5.69. The zero-order valence-electron chi connectivity index (χ0n) is 13.9. The molecule has 6 heteroatoms. The molecule has 0 amide bonds. The van der Waals surface area contributed by atoms with Crippen LogP contribution in [0.2, 0.25) is 0 Å². The Balaban J connectivity index is 2.51. The van der Waals surface area contributed by atoms with Gasteiger partial charge in [-0.1, -0.05) is 30.0 Å². The predicted molar refractivity (Wildman–Crippen MR) is 93.8 cm³/mol. The molecule has 1 aromatic carbocycles. The number of nitrogens with one attached hydrogen (secondary N) is 1. The molecule has 1 atom stereocenters. The summed E-state index contributed by atoms with van der Waals surface area (Å²) < 4.78 is 10.9. The van der Waals surface area contributed by atoms with Crippen molar-refractivity contribution in [2.45, 2.75) is 26.8 Å². The zero-order valence-corrected chi connectivity index (χ0v) is 14.7. The lowest BCUT2D eigenvalue weighted by atomic mass is 9.96. The molecule has 0 aliphatic carbocycles. The van der Waals surface area contributed by atoms with Gasteiger partial charge >= 0.3 is 5.97 Å². The highest BCUT2D eigenvalue weighted by molar-refractivity contribution is 8.13. The number of aliphatic imine (C=N–C) groups is 1. The molecule has 0 fully saturated rings. The molecule has 0 aromatic heterocycles. The van der Waals surface area contributed by atoms with E-state index in [1.165, 1.54) is 11.8 Å². The van der Waals surface area contributed by atoms with E-state index >= 15 is 0 Å². The van der Waals surface area contributed by atoms with Crippen LogP contribution in [0.15, 0.2) is 40.5 Å². The van der Waals surface area contributed by atoms with Crippen molar-refractivity contribution in [3.63, 3.8) is 0 Å². The molecular formula is C17H22N2O3S. The number of hydrogen-bond donors (Lipinski definition) is 1. The van der Waals surface area contributed by atoms with E-state index in [1.807, 2.05) is 44.4 Å². The average Bonchev–Trinajstić information content (AvgIpc) is 2.55. The lowest BCUT2D eigenvalue weighted by Gasteiger charge is -2.26. The number of amidine groups is 1. The Morgan fingerprint density at radius 2 is 2.04 bits per heavy atom. The lowest BCUT2D eigenvalue weighted by Crippen LogP contribution is -2.30. The Bertz CT molecular complexity index is 640. The molecule has 23 heavy (non-hydrogen) atoms. The monoisotopic (exact) mass is 334 g/mol. The summed E-state index contributed by atoms with van der Waals surface area (Å²) in [5.41, 5.74) is 2.15. The summed E-state index contributed by atoms with van der Waals surface area (Å²) in [5.74, 6) is 0.387. The number of hydrogen-bond acceptors (Lipinski definition) is 6. The summed E-state index contributed by atoms with van der Waals surface area (Å²) in [6.45, 7) is 6.48. The Labute approximate surface area is 141 Å². The fourth-order valence-corrected chi connectivity index (χ4v) is 2.91. The quantitative estimate of drug-likeness (QED) is 0.837. The molecule has 0 unspecified atom stereocenters. The summed E-state index contributed by atoms with van der Waals surface area (Å²) in [4.78, 5) is 17.1. The third-order valence-electron chi connectivity index (χ3n) is 3.42. The van der Waals surface area contributed by atoms with Crippen LogP contribution in [-0.2, 0) is 9.53 Å². The molecule has 124 valence electrons. The van der Waals surface area contributed by atoms with Gasteiger partial charge in [-0.3, -0.25) is 0 Å². The maximum Gasteiger partial charge on any atom is 0.338 e. The maximum atomic E-state index is 12.4. The summed E-state index contributed by atoms with van der Waals surface area (Å²) in [5, 5.41) is 3.93. The van der Waals surface area contributed by atoms with E-state index in [0.717, 1.165) is 22.2 Å². The van der Waals surface area contributed by atoms with Crippen LogP contribution >= 0.6 is 11.8 Å². The Morgan fingerprint density at radius 3 is 2.70 bits per heavy atom. The average molecular weight is 334 g/mol. The van der Waals surface area contributed by atoms with Crippen molar-refractivity contribution in [3.05, 3.63) is 41.1 Å². The van der Waals surface area contributed by atoms with E-state index in [2.05, 4.69) is 10.3 Å². The van der Waals surface area contributed by atoms with Gasteiger partial charge in [0.15, 0.2) is 5.17 Å². The van der Waals surface area contributed by atoms with Crippen molar-refractivity contribution in [3.8, 4) is 5.75 Å². The molecular weight excluding hydrogens is 312 g/mol. The molecule has 1 aliphatic heterocycles. The molecule has 0 spiro atoms. The van der Waals surface area contributed by atoms with E-state index < -0.39 is 6.04 Å². The second-order valence-electron chi connectivity index (χ2n) is 4.90. The van der Waals surface area contributed by atoms with Crippen molar-refractivity contribution in [1.82, 2.24) is 5.32 Å². The molecule has 1 aliphatic rings. The van der Waals surface area contributed by atoms with E-state index in [-0.39, 0.29) is 5.97 Å². The molecule has 0 saturated carbocycles. The number of carbonyl (C=O) groups excluding carboxylic acids is 1. The highest BCUT2D eigenvalue weighted by Crippen LogP contribution is 2.37. The van der Waals surface area contributed by atoms with Crippen LogP contribution in [0.5, 0.6) is 5.75 Å². The fraction of sp³-hybridized carbons (Fsp3) is 0.412. The van der Waals surface area contributed by atoms with Crippen LogP contribution in [0.25, 0.3) is 0 Å². The van der Waals surface area contributed by atoms with Crippen LogP contribution in [0.1, 0.15) is 32.4 Å². The summed E-state index contributed by atoms with van der Waals surface area (Å²) in [6, 6.07) is 7.24. The van der Waals surface area contributed by atoms with Gasteiger partial charge in [-0.15, -0.1) is 0 Å². The SMILES string of the molecule is CCOC(=O)C1=C(C)NC(SC)=N[C@H]1c1ccccc1OCC. The molecule has 0 saturated heterocycles. The smallest absolute Gasteiger partial charge is 0.338 e. The number of thioether (sulfide) groups is 1. The van der Waals surface area contributed by atoms with Gasteiger partial charge in [-0.05, 0) is 33.1 Å². The highest BCUT2D eigenvalue weighted by Gasteiger charge is 2.31. The number of esters is 1. The number of ether oxygens (including phenoxy) is 2. The van der Waals surface area contributed by atoms with E-state index in [0.29, 0.717) is 18.8 Å². The van der Waals surface area contributed by atoms with Gasteiger partial charge in [0.25, 0.3) is 0 Å². The van der Waals surface area contributed by atoms with Gasteiger partial charge in [0.05, 0.1) is 18.8 Å². The second kappa shape index (κ2) is 8.06. The number of carbonyl (C=O) groups is 1. The number of allylic oxidation sites excluding steroid dienone is 1. The minimum atomic E-state index is -0.430. The molecule has 0 radical (unpaired) electrons. The number of nitrogens with zero attached hydrogens (tertiary/aromatic N) is 1. The zero-order chi connectivity index (χ0) is 16.8. The van der Waals surface area contributed by atoms with Crippen molar-refractivity contribution in [1.29, 1.82) is 0 Å². The van der Waals surface area contributed by atoms with Gasteiger partial charge in [0.1, 0.15) is 11.8 Å². The topological polar surface area (TPSA) is 59.9 Å². The van der Waals surface area contributed by atoms with Crippen LogP contribution in [-0.4, -0.2) is 30.6 Å². The summed E-state index contributed by atoms with van der Waals surface area (Å²) >= 11 is 1.51. The molecule has 2 rings (SSSR count). The molecule has 1 N–H and O–H groups in total. The van der Waals surface area contributed by atoms with Crippen LogP contribution in [0.3, 0.4) is 0 Å². The van der Waals surface area contributed by atoms with Crippen LogP contribution in [0, 0.1) is 0 Å². The van der Waals surface area contributed by atoms with Gasteiger partial charge in [0, 0.05) is 11.3 Å². The fourth-order valence-electron chi connectivity index (χ4n) is 2.44. The van der Waals surface area contributed by atoms with E-state index in [9.17, 15) is 4.79 Å². The molecule has 1 heterocycles. The third kappa shape index (κ3) is 3.88. The van der Waals surface area contributed by atoms with Crippen molar-refractivity contribution in [2.24, 2.45) is 4.99 Å². The number of rotatable bonds is 5.